The van der Waals surface area contributed by atoms with Crippen LogP contribution in [0.5, 0.6) is 0 Å². The van der Waals surface area contributed by atoms with Crippen molar-refractivity contribution in [2.24, 2.45) is 0 Å². The van der Waals surface area contributed by atoms with Crippen LogP contribution in [0.1, 0.15) is 52.0 Å². The lowest BCUT2D eigenvalue weighted by Crippen LogP contribution is -2.51. The van der Waals surface area contributed by atoms with Crippen LogP contribution in [-0.2, 0) is 4.79 Å². The van der Waals surface area contributed by atoms with Gasteiger partial charge in [0.25, 0.3) is 0 Å². The van der Waals surface area contributed by atoms with E-state index in [-0.39, 0.29) is 17.5 Å². The Morgan fingerprint density at radius 1 is 1.38 bits per heavy atom. The molecule has 0 saturated carbocycles. The normalized spacial score (nSPS) is 21.2. The first-order chi connectivity index (χ1) is 9.93. The van der Waals surface area contributed by atoms with Crippen molar-refractivity contribution in [2.75, 3.05) is 13.1 Å². The predicted molar refractivity (Wildman–Crippen MR) is 87.3 cm³/mol. The topological polar surface area (TPSA) is 32.3 Å². The van der Waals surface area contributed by atoms with Crippen molar-refractivity contribution >= 4 is 5.91 Å². The number of hydrogen-bond acceptors (Lipinski definition) is 2. The highest BCUT2D eigenvalue weighted by Crippen LogP contribution is 2.28. The Kier molecular flexibility index (Phi) is 5.04. The molecule has 3 heteroatoms. The quantitative estimate of drug-likeness (QED) is 0.902. The van der Waals surface area contributed by atoms with Crippen molar-refractivity contribution in [2.45, 2.75) is 58.0 Å². The molecule has 1 aromatic rings. The molecule has 2 rings (SSSR count). The van der Waals surface area contributed by atoms with Gasteiger partial charge in [-0.15, -0.1) is 0 Å². The molecule has 1 heterocycles. The first-order valence-corrected chi connectivity index (χ1v) is 8.04. The molecule has 0 aliphatic carbocycles. The lowest BCUT2D eigenvalue weighted by Gasteiger charge is -2.30. The number of likely N-dealkylation sites (tertiary alicyclic amines) is 1. The van der Waals surface area contributed by atoms with E-state index in [1.54, 1.807) is 0 Å². The second kappa shape index (κ2) is 6.61. The molecule has 0 spiro atoms. The van der Waals surface area contributed by atoms with E-state index in [2.05, 4.69) is 61.3 Å². The molecule has 0 radical (unpaired) electrons. The highest BCUT2D eigenvalue weighted by Gasteiger charge is 2.31. The number of carbonyl (C=O) groups is 1. The van der Waals surface area contributed by atoms with Gasteiger partial charge in [-0.1, -0.05) is 37.3 Å². The first kappa shape index (κ1) is 16.0. The maximum Gasteiger partial charge on any atom is 0.237 e. The Morgan fingerprint density at radius 2 is 2.05 bits per heavy atom. The smallest absolute Gasteiger partial charge is 0.237 e. The van der Waals surface area contributed by atoms with Crippen LogP contribution in [0.15, 0.2) is 30.3 Å². The van der Waals surface area contributed by atoms with Crippen molar-refractivity contribution in [3.05, 3.63) is 35.9 Å². The van der Waals surface area contributed by atoms with E-state index in [0.717, 1.165) is 25.9 Å². The SMILES string of the molecule is CCC(C)(C)NC(=O)[C@@H](C)N1CC[C@@H](c2ccccc2)C1. The zero-order valence-corrected chi connectivity index (χ0v) is 13.7. The molecular formula is C18H28N2O. The van der Waals surface area contributed by atoms with E-state index < -0.39 is 0 Å². The lowest BCUT2D eigenvalue weighted by molar-refractivity contribution is -0.127. The van der Waals surface area contributed by atoms with Crippen molar-refractivity contribution in [1.29, 1.82) is 0 Å². The Bertz CT molecular complexity index is 469. The minimum Gasteiger partial charge on any atom is -0.350 e. The van der Waals surface area contributed by atoms with E-state index >= 15 is 0 Å². The minimum atomic E-state index is -0.121. The van der Waals surface area contributed by atoms with E-state index in [0.29, 0.717) is 5.92 Å². The van der Waals surface area contributed by atoms with Crippen LogP contribution < -0.4 is 5.32 Å². The fourth-order valence-corrected chi connectivity index (χ4v) is 2.83. The van der Waals surface area contributed by atoms with Gasteiger partial charge >= 0.3 is 0 Å². The second-order valence-electron chi connectivity index (χ2n) is 6.79. The van der Waals surface area contributed by atoms with Gasteiger partial charge in [-0.25, -0.2) is 0 Å². The second-order valence-corrected chi connectivity index (χ2v) is 6.79. The average Bonchev–Trinajstić information content (AvgIpc) is 2.96. The monoisotopic (exact) mass is 288 g/mol. The van der Waals surface area contributed by atoms with Crippen molar-refractivity contribution in [1.82, 2.24) is 10.2 Å². The van der Waals surface area contributed by atoms with Gasteiger partial charge in [-0.05, 0) is 51.6 Å². The summed E-state index contributed by atoms with van der Waals surface area (Å²) in [4.78, 5) is 14.7. The van der Waals surface area contributed by atoms with Crippen LogP contribution in [0.2, 0.25) is 0 Å². The number of nitrogens with one attached hydrogen (secondary N) is 1. The standard InChI is InChI=1S/C18H28N2O/c1-5-18(3,4)19-17(21)14(2)20-12-11-16(13-20)15-9-7-6-8-10-15/h6-10,14,16H,5,11-13H2,1-4H3,(H,19,21)/t14-,16-/m1/s1. The molecule has 1 saturated heterocycles. The molecule has 0 unspecified atom stereocenters. The maximum atomic E-state index is 12.4. The molecule has 3 nitrogen and oxygen atoms in total. The van der Waals surface area contributed by atoms with Crippen LogP contribution >= 0.6 is 0 Å². The van der Waals surface area contributed by atoms with E-state index in [1.807, 2.05) is 6.92 Å². The Hall–Kier alpha value is -1.35. The lowest BCUT2D eigenvalue weighted by atomic mass is 9.99. The van der Waals surface area contributed by atoms with Crippen molar-refractivity contribution in [3.8, 4) is 0 Å². The predicted octanol–water partition coefficient (Wildman–Crippen LogP) is 3.17. The Labute approximate surface area is 128 Å². The van der Waals surface area contributed by atoms with Gasteiger partial charge < -0.3 is 5.32 Å². The molecule has 1 aliphatic heterocycles. The molecule has 116 valence electrons. The molecule has 0 aromatic heterocycles. The molecule has 21 heavy (non-hydrogen) atoms. The van der Waals surface area contributed by atoms with Gasteiger partial charge in [0.2, 0.25) is 5.91 Å². The van der Waals surface area contributed by atoms with E-state index in [4.69, 9.17) is 0 Å². The third-order valence-corrected chi connectivity index (χ3v) is 4.76. The summed E-state index contributed by atoms with van der Waals surface area (Å²) >= 11 is 0. The van der Waals surface area contributed by atoms with Gasteiger partial charge in [0.05, 0.1) is 6.04 Å². The zero-order chi connectivity index (χ0) is 15.5. The Balaban J connectivity index is 1.93. The molecule has 2 atom stereocenters. The number of rotatable bonds is 5. The zero-order valence-electron chi connectivity index (χ0n) is 13.7. The highest BCUT2D eigenvalue weighted by molar-refractivity contribution is 5.82. The summed E-state index contributed by atoms with van der Waals surface area (Å²) in [6, 6.07) is 10.6. The van der Waals surface area contributed by atoms with Gasteiger partial charge in [-0.3, -0.25) is 9.69 Å². The summed E-state index contributed by atoms with van der Waals surface area (Å²) in [6.07, 6.45) is 2.08. The molecule has 1 N–H and O–H groups in total. The summed E-state index contributed by atoms with van der Waals surface area (Å²) in [5, 5.41) is 3.16. The maximum absolute atomic E-state index is 12.4. The fraction of sp³-hybridized carbons (Fsp3) is 0.611. The molecule has 1 aromatic carbocycles. The van der Waals surface area contributed by atoms with E-state index in [1.165, 1.54) is 5.56 Å². The summed E-state index contributed by atoms with van der Waals surface area (Å²) in [5.74, 6) is 0.705. The van der Waals surface area contributed by atoms with Crippen LogP contribution in [0.25, 0.3) is 0 Å². The highest BCUT2D eigenvalue weighted by atomic mass is 16.2. The van der Waals surface area contributed by atoms with Crippen molar-refractivity contribution in [3.63, 3.8) is 0 Å². The van der Waals surface area contributed by atoms with Gasteiger partial charge in [0.1, 0.15) is 0 Å². The minimum absolute atomic E-state index is 0.0514. The van der Waals surface area contributed by atoms with Crippen LogP contribution in [0.4, 0.5) is 0 Å². The average molecular weight is 288 g/mol. The first-order valence-electron chi connectivity index (χ1n) is 8.04. The van der Waals surface area contributed by atoms with Crippen LogP contribution in [0, 0.1) is 0 Å². The largest absolute Gasteiger partial charge is 0.350 e. The molecule has 0 bridgehead atoms. The molecule has 1 amide bonds. The fourth-order valence-electron chi connectivity index (χ4n) is 2.83. The third-order valence-electron chi connectivity index (χ3n) is 4.76. The summed E-state index contributed by atoms with van der Waals surface area (Å²) in [6.45, 7) is 10.3. The van der Waals surface area contributed by atoms with Crippen molar-refractivity contribution < 1.29 is 4.79 Å². The van der Waals surface area contributed by atoms with Gasteiger partial charge in [0, 0.05) is 12.1 Å². The number of benzene rings is 1. The van der Waals surface area contributed by atoms with Gasteiger partial charge in [0.15, 0.2) is 0 Å². The van der Waals surface area contributed by atoms with Crippen LogP contribution in [-0.4, -0.2) is 35.5 Å². The van der Waals surface area contributed by atoms with Gasteiger partial charge in [-0.2, -0.15) is 0 Å². The van der Waals surface area contributed by atoms with E-state index in [9.17, 15) is 4.79 Å². The number of hydrogen-bond donors (Lipinski definition) is 1. The van der Waals surface area contributed by atoms with Crippen LogP contribution in [0.3, 0.4) is 0 Å². The number of carbonyl (C=O) groups excluding carboxylic acids is 1. The third kappa shape index (κ3) is 4.07. The molecule has 1 fully saturated rings. The molecule has 1 aliphatic rings. The number of amides is 1. The number of nitrogens with zero attached hydrogens (tertiary/aromatic N) is 1. The summed E-state index contributed by atoms with van der Waals surface area (Å²) < 4.78 is 0. The summed E-state index contributed by atoms with van der Waals surface area (Å²) in [5.41, 5.74) is 1.27. The summed E-state index contributed by atoms with van der Waals surface area (Å²) in [7, 11) is 0. The Morgan fingerprint density at radius 3 is 2.67 bits per heavy atom. The molecular weight excluding hydrogens is 260 g/mol.